The normalized spacial score (nSPS) is 13.6. The Morgan fingerprint density at radius 1 is 1.55 bits per heavy atom. The van der Waals surface area contributed by atoms with Crippen molar-refractivity contribution in [2.45, 2.75) is 26.3 Å². The molecule has 1 rings (SSSR count). The second kappa shape index (κ2) is 6.18. The van der Waals surface area contributed by atoms with Gasteiger partial charge in [0.05, 0.1) is 11.1 Å². The Morgan fingerprint density at radius 2 is 2.15 bits per heavy atom. The molecule has 0 aliphatic rings. The zero-order valence-corrected chi connectivity index (χ0v) is 11.5. The number of carboxylic acids is 1. The highest BCUT2D eigenvalue weighted by atomic mass is 16.6. The summed E-state index contributed by atoms with van der Waals surface area (Å²) in [5.41, 5.74) is -0.167. The number of hydrogen-bond donors (Lipinski definition) is 2. The Morgan fingerprint density at radius 3 is 2.55 bits per heavy atom. The van der Waals surface area contributed by atoms with E-state index in [-0.39, 0.29) is 17.3 Å². The SMILES string of the molecule is CC[C@H](C)[C@H](NC(=O)c1cc([N+](=O)[O-])cn1C)C(=O)O. The fourth-order valence-electron chi connectivity index (χ4n) is 1.77. The van der Waals surface area contributed by atoms with Crippen LogP contribution in [0.3, 0.4) is 0 Å². The maximum absolute atomic E-state index is 12.0. The van der Waals surface area contributed by atoms with E-state index in [9.17, 15) is 19.7 Å². The smallest absolute Gasteiger partial charge is 0.326 e. The van der Waals surface area contributed by atoms with Crippen molar-refractivity contribution in [1.29, 1.82) is 0 Å². The van der Waals surface area contributed by atoms with Gasteiger partial charge in [-0.05, 0) is 5.92 Å². The van der Waals surface area contributed by atoms with Crippen molar-refractivity contribution in [3.05, 3.63) is 28.1 Å². The first-order valence-electron chi connectivity index (χ1n) is 6.12. The number of amides is 1. The maximum Gasteiger partial charge on any atom is 0.326 e. The molecule has 2 N–H and O–H groups in total. The number of nitro groups is 1. The first-order valence-corrected chi connectivity index (χ1v) is 6.12. The van der Waals surface area contributed by atoms with E-state index < -0.39 is 22.8 Å². The molecule has 0 unspecified atom stereocenters. The molecule has 0 saturated carbocycles. The van der Waals surface area contributed by atoms with Crippen LogP contribution in [0.25, 0.3) is 0 Å². The van der Waals surface area contributed by atoms with Crippen LogP contribution in [-0.2, 0) is 11.8 Å². The van der Waals surface area contributed by atoms with Crippen molar-refractivity contribution in [2.24, 2.45) is 13.0 Å². The molecule has 1 amide bonds. The Labute approximate surface area is 115 Å². The number of carboxylic acid groups (broad SMARTS) is 1. The fraction of sp³-hybridized carbons (Fsp3) is 0.500. The van der Waals surface area contributed by atoms with Gasteiger partial charge in [-0.15, -0.1) is 0 Å². The maximum atomic E-state index is 12.0. The van der Waals surface area contributed by atoms with Crippen molar-refractivity contribution in [3.63, 3.8) is 0 Å². The molecule has 0 spiro atoms. The second-order valence-corrected chi connectivity index (χ2v) is 4.63. The average Bonchev–Trinajstić information content (AvgIpc) is 2.76. The lowest BCUT2D eigenvalue weighted by Crippen LogP contribution is -2.45. The van der Waals surface area contributed by atoms with E-state index in [0.717, 1.165) is 6.07 Å². The van der Waals surface area contributed by atoms with Crippen LogP contribution in [0.5, 0.6) is 0 Å². The van der Waals surface area contributed by atoms with Gasteiger partial charge in [0, 0.05) is 13.1 Å². The van der Waals surface area contributed by atoms with Crippen LogP contribution in [0.15, 0.2) is 12.3 Å². The highest BCUT2D eigenvalue weighted by Crippen LogP contribution is 2.16. The topological polar surface area (TPSA) is 114 Å². The summed E-state index contributed by atoms with van der Waals surface area (Å²) in [7, 11) is 1.49. The number of carbonyl (C=O) groups excluding carboxylic acids is 1. The average molecular weight is 283 g/mol. The molecule has 20 heavy (non-hydrogen) atoms. The molecule has 0 radical (unpaired) electrons. The highest BCUT2D eigenvalue weighted by Gasteiger charge is 2.27. The minimum absolute atomic E-state index is 0.0475. The van der Waals surface area contributed by atoms with Gasteiger partial charge >= 0.3 is 5.97 Å². The van der Waals surface area contributed by atoms with E-state index in [4.69, 9.17) is 5.11 Å². The lowest BCUT2D eigenvalue weighted by Gasteiger charge is -2.20. The highest BCUT2D eigenvalue weighted by molar-refractivity contribution is 5.96. The van der Waals surface area contributed by atoms with E-state index in [1.807, 2.05) is 6.92 Å². The van der Waals surface area contributed by atoms with Crippen LogP contribution < -0.4 is 5.32 Å². The summed E-state index contributed by atoms with van der Waals surface area (Å²) in [4.78, 5) is 33.2. The van der Waals surface area contributed by atoms with Crippen molar-refractivity contribution in [2.75, 3.05) is 0 Å². The van der Waals surface area contributed by atoms with Gasteiger partial charge < -0.3 is 15.0 Å². The molecule has 0 aromatic carbocycles. The third-order valence-electron chi connectivity index (χ3n) is 3.20. The van der Waals surface area contributed by atoms with Gasteiger partial charge in [-0.25, -0.2) is 4.79 Å². The van der Waals surface area contributed by atoms with Crippen LogP contribution in [0, 0.1) is 16.0 Å². The van der Waals surface area contributed by atoms with Crippen molar-refractivity contribution < 1.29 is 19.6 Å². The molecular formula is C12H17N3O5. The Hall–Kier alpha value is -2.38. The molecule has 1 heterocycles. The van der Waals surface area contributed by atoms with Crippen LogP contribution in [-0.4, -0.2) is 32.5 Å². The Kier molecular flexibility index (Phi) is 4.84. The van der Waals surface area contributed by atoms with Gasteiger partial charge in [-0.2, -0.15) is 0 Å². The van der Waals surface area contributed by atoms with E-state index in [2.05, 4.69) is 5.32 Å². The summed E-state index contributed by atoms with van der Waals surface area (Å²) < 4.78 is 1.29. The fourth-order valence-corrected chi connectivity index (χ4v) is 1.77. The zero-order valence-electron chi connectivity index (χ0n) is 11.5. The molecule has 8 nitrogen and oxygen atoms in total. The quantitative estimate of drug-likeness (QED) is 0.600. The summed E-state index contributed by atoms with van der Waals surface area (Å²) in [6.45, 7) is 3.53. The van der Waals surface area contributed by atoms with Crippen molar-refractivity contribution in [3.8, 4) is 0 Å². The van der Waals surface area contributed by atoms with Gasteiger partial charge in [-0.3, -0.25) is 14.9 Å². The first kappa shape index (κ1) is 15.7. The molecule has 0 saturated heterocycles. The van der Waals surface area contributed by atoms with E-state index in [1.54, 1.807) is 6.92 Å². The van der Waals surface area contributed by atoms with Gasteiger partial charge in [-0.1, -0.05) is 20.3 Å². The lowest BCUT2D eigenvalue weighted by atomic mass is 9.99. The van der Waals surface area contributed by atoms with Gasteiger partial charge in [0.15, 0.2) is 0 Å². The number of hydrogen-bond acceptors (Lipinski definition) is 4. The summed E-state index contributed by atoms with van der Waals surface area (Å²) in [6, 6.07) is 0.0895. The molecule has 1 aromatic heterocycles. The molecule has 0 fully saturated rings. The Bertz CT molecular complexity index is 537. The number of rotatable bonds is 6. The number of aryl methyl sites for hydroxylation is 1. The molecular weight excluding hydrogens is 266 g/mol. The Balaban J connectivity index is 2.95. The summed E-state index contributed by atoms with van der Waals surface area (Å²) >= 11 is 0. The van der Waals surface area contributed by atoms with E-state index in [1.165, 1.54) is 17.8 Å². The van der Waals surface area contributed by atoms with Gasteiger partial charge in [0.25, 0.3) is 11.6 Å². The van der Waals surface area contributed by atoms with Crippen molar-refractivity contribution in [1.82, 2.24) is 9.88 Å². The van der Waals surface area contributed by atoms with E-state index >= 15 is 0 Å². The minimum Gasteiger partial charge on any atom is -0.480 e. The summed E-state index contributed by atoms with van der Waals surface area (Å²) in [6.07, 6.45) is 1.79. The lowest BCUT2D eigenvalue weighted by molar-refractivity contribution is -0.384. The second-order valence-electron chi connectivity index (χ2n) is 4.63. The largest absolute Gasteiger partial charge is 0.480 e. The minimum atomic E-state index is -1.13. The number of carbonyl (C=O) groups is 2. The van der Waals surface area contributed by atoms with Crippen LogP contribution in [0.1, 0.15) is 30.8 Å². The molecule has 110 valence electrons. The van der Waals surface area contributed by atoms with Crippen LogP contribution in [0.2, 0.25) is 0 Å². The molecule has 8 heteroatoms. The number of nitrogens with zero attached hydrogens (tertiary/aromatic N) is 2. The molecule has 0 bridgehead atoms. The first-order chi connectivity index (χ1) is 9.27. The zero-order chi connectivity index (χ0) is 15.4. The molecule has 0 aliphatic carbocycles. The molecule has 0 aliphatic heterocycles. The van der Waals surface area contributed by atoms with Crippen LogP contribution in [0.4, 0.5) is 5.69 Å². The molecule has 2 atom stereocenters. The van der Waals surface area contributed by atoms with Crippen molar-refractivity contribution >= 4 is 17.6 Å². The van der Waals surface area contributed by atoms with Gasteiger partial charge in [0.2, 0.25) is 0 Å². The third kappa shape index (κ3) is 3.34. The molecule has 1 aromatic rings. The monoisotopic (exact) mass is 283 g/mol. The summed E-state index contributed by atoms with van der Waals surface area (Å²) in [5.74, 6) is -2.02. The summed E-state index contributed by atoms with van der Waals surface area (Å²) in [5, 5.41) is 22.1. The number of nitrogens with one attached hydrogen (secondary N) is 1. The van der Waals surface area contributed by atoms with Crippen LogP contribution >= 0.6 is 0 Å². The van der Waals surface area contributed by atoms with Gasteiger partial charge in [0.1, 0.15) is 11.7 Å². The third-order valence-corrected chi connectivity index (χ3v) is 3.20. The predicted octanol–water partition coefficient (Wildman–Crippen LogP) is 1.16. The van der Waals surface area contributed by atoms with E-state index in [0.29, 0.717) is 6.42 Å². The predicted molar refractivity (Wildman–Crippen MR) is 70.4 cm³/mol. The number of aliphatic carboxylic acids is 1. The standard InChI is InChI=1S/C12H17N3O5/c1-4-7(2)10(12(17)18)13-11(16)9-5-8(15(19)20)6-14(9)3/h5-7,10H,4H2,1-3H3,(H,13,16)(H,17,18)/t7-,10-/m0/s1. The number of aromatic nitrogens is 1.